The van der Waals surface area contributed by atoms with E-state index in [1.165, 1.54) is 10.1 Å². The number of hydrogen-bond donors (Lipinski definition) is 1. The number of aryl methyl sites for hydroxylation is 1. The maximum atomic E-state index is 12.6. The third-order valence-electron chi connectivity index (χ3n) is 4.26. The predicted molar refractivity (Wildman–Crippen MR) is 107 cm³/mol. The second-order valence-electron chi connectivity index (χ2n) is 6.05. The minimum Gasteiger partial charge on any atom is -0.487 e. The number of benzene rings is 2. The molecule has 27 heavy (non-hydrogen) atoms. The first-order chi connectivity index (χ1) is 13.2. The minimum absolute atomic E-state index is 0.214. The Bertz CT molecular complexity index is 1130. The van der Waals surface area contributed by atoms with Crippen LogP contribution in [0.25, 0.3) is 17.2 Å². The number of aromatic amines is 1. The van der Waals surface area contributed by atoms with Crippen LogP contribution in [0.4, 0.5) is 0 Å². The van der Waals surface area contributed by atoms with Crippen molar-refractivity contribution in [3.63, 3.8) is 0 Å². The molecule has 2 aromatic heterocycles. The number of halogens is 1. The molecule has 0 bridgehead atoms. The molecule has 0 amide bonds. The van der Waals surface area contributed by atoms with E-state index in [4.69, 9.17) is 4.74 Å². The van der Waals surface area contributed by atoms with Gasteiger partial charge in [-0.2, -0.15) is 9.50 Å². The molecule has 7 heteroatoms. The van der Waals surface area contributed by atoms with Crippen molar-refractivity contribution in [3.8, 4) is 17.1 Å². The molecule has 0 atom stereocenters. The van der Waals surface area contributed by atoms with E-state index in [0.717, 1.165) is 17.7 Å². The third-order valence-corrected chi connectivity index (χ3v) is 5.08. The van der Waals surface area contributed by atoms with Crippen LogP contribution in [0.1, 0.15) is 18.2 Å². The average Bonchev–Trinajstić information content (AvgIpc) is 3.15. The molecular formula is C20H17BrN4O2. The molecule has 0 radical (unpaired) electrons. The van der Waals surface area contributed by atoms with Gasteiger partial charge in [-0.05, 0) is 40.0 Å². The van der Waals surface area contributed by atoms with Gasteiger partial charge in [0.1, 0.15) is 16.8 Å². The van der Waals surface area contributed by atoms with Gasteiger partial charge in [0.15, 0.2) is 5.82 Å². The van der Waals surface area contributed by atoms with E-state index in [0.29, 0.717) is 21.8 Å². The average molecular weight is 425 g/mol. The topological polar surface area (TPSA) is 72.3 Å². The van der Waals surface area contributed by atoms with Crippen LogP contribution in [0, 0.1) is 0 Å². The Balaban J connectivity index is 1.65. The summed E-state index contributed by atoms with van der Waals surface area (Å²) in [5, 5.41) is 4.31. The Labute approximate surface area is 164 Å². The first-order valence-corrected chi connectivity index (χ1v) is 9.39. The van der Waals surface area contributed by atoms with E-state index < -0.39 is 0 Å². The summed E-state index contributed by atoms with van der Waals surface area (Å²) in [6.07, 6.45) is 0.979. The highest BCUT2D eigenvalue weighted by molar-refractivity contribution is 9.10. The van der Waals surface area contributed by atoms with Gasteiger partial charge in [-0.3, -0.25) is 4.79 Å². The molecule has 4 aromatic rings. The maximum absolute atomic E-state index is 12.6. The summed E-state index contributed by atoms with van der Waals surface area (Å²) in [6.45, 7) is 2.32. The van der Waals surface area contributed by atoms with E-state index in [9.17, 15) is 4.79 Å². The van der Waals surface area contributed by atoms with Crippen molar-refractivity contribution in [1.29, 1.82) is 0 Å². The van der Waals surface area contributed by atoms with E-state index in [1.54, 1.807) is 0 Å². The molecule has 0 aliphatic carbocycles. The largest absolute Gasteiger partial charge is 0.487 e. The van der Waals surface area contributed by atoms with Crippen molar-refractivity contribution in [2.45, 2.75) is 20.0 Å². The number of rotatable bonds is 5. The van der Waals surface area contributed by atoms with Crippen LogP contribution in [-0.4, -0.2) is 19.6 Å². The monoisotopic (exact) mass is 424 g/mol. The Kier molecular flexibility index (Phi) is 4.77. The van der Waals surface area contributed by atoms with Crippen molar-refractivity contribution in [3.05, 3.63) is 80.7 Å². The number of hydrogen-bond acceptors (Lipinski definition) is 4. The molecule has 0 fully saturated rings. The van der Waals surface area contributed by atoms with Crippen molar-refractivity contribution >= 4 is 21.7 Å². The molecule has 0 aliphatic rings. The molecule has 0 aliphatic heterocycles. The standard InChI is InChI=1S/C20H17BrN4O2/c1-2-13-8-10-15(11-9-13)27-12-16-17(21)19(26)25-20(22-16)23-18(24-25)14-6-4-3-5-7-14/h3-11H,2,12H2,1H3,(H,22,23,24). The van der Waals surface area contributed by atoms with Gasteiger partial charge >= 0.3 is 0 Å². The summed E-state index contributed by atoms with van der Waals surface area (Å²) in [6, 6.07) is 17.4. The van der Waals surface area contributed by atoms with E-state index >= 15 is 0 Å². The highest BCUT2D eigenvalue weighted by atomic mass is 79.9. The Hall–Kier alpha value is -2.93. The number of fused-ring (bicyclic) bond motifs is 1. The van der Waals surface area contributed by atoms with Gasteiger partial charge in [0, 0.05) is 5.56 Å². The molecule has 0 saturated carbocycles. The Morgan fingerprint density at radius 2 is 1.85 bits per heavy atom. The lowest BCUT2D eigenvalue weighted by molar-refractivity contribution is 0.300. The van der Waals surface area contributed by atoms with Crippen molar-refractivity contribution in [2.24, 2.45) is 0 Å². The molecule has 6 nitrogen and oxygen atoms in total. The lowest BCUT2D eigenvalue weighted by atomic mass is 10.2. The summed E-state index contributed by atoms with van der Waals surface area (Å²) >= 11 is 3.35. The number of nitrogens with zero attached hydrogens (tertiary/aromatic N) is 3. The van der Waals surface area contributed by atoms with Gasteiger partial charge in [0.25, 0.3) is 5.56 Å². The lowest BCUT2D eigenvalue weighted by Gasteiger charge is -2.08. The van der Waals surface area contributed by atoms with Crippen LogP contribution in [0.2, 0.25) is 0 Å². The van der Waals surface area contributed by atoms with Crippen molar-refractivity contribution < 1.29 is 4.74 Å². The van der Waals surface area contributed by atoms with Crippen LogP contribution >= 0.6 is 15.9 Å². The number of ether oxygens (including phenoxy) is 1. The zero-order valence-corrected chi connectivity index (χ0v) is 16.2. The maximum Gasteiger partial charge on any atom is 0.290 e. The number of nitrogens with one attached hydrogen (secondary N) is 1. The predicted octanol–water partition coefficient (Wildman–Crippen LogP) is 3.99. The Morgan fingerprint density at radius 1 is 1.11 bits per heavy atom. The molecule has 2 heterocycles. The zero-order valence-electron chi connectivity index (χ0n) is 14.6. The van der Waals surface area contributed by atoms with Gasteiger partial charge in [0.2, 0.25) is 5.78 Å². The smallest absolute Gasteiger partial charge is 0.290 e. The highest BCUT2D eigenvalue weighted by Crippen LogP contribution is 2.19. The number of aromatic nitrogens is 4. The summed E-state index contributed by atoms with van der Waals surface area (Å²) in [5.41, 5.74) is 2.42. The van der Waals surface area contributed by atoms with Gasteiger partial charge in [-0.15, -0.1) is 5.10 Å². The normalized spacial score (nSPS) is 11.0. The summed E-state index contributed by atoms with van der Waals surface area (Å²) < 4.78 is 7.45. The second kappa shape index (κ2) is 7.36. The zero-order chi connectivity index (χ0) is 18.8. The van der Waals surface area contributed by atoms with E-state index in [-0.39, 0.29) is 12.2 Å². The molecule has 136 valence electrons. The van der Waals surface area contributed by atoms with Crippen molar-refractivity contribution in [2.75, 3.05) is 0 Å². The molecular weight excluding hydrogens is 408 g/mol. The second-order valence-corrected chi connectivity index (χ2v) is 6.84. The first kappa shape index (κ1) is 17.5. The fourth-order valence-electron chi connectivity index (χ4n) is 2.73. The summed E-state index contributed by atoms with van der Waals surface area (Å²) in [4.78, 5) is 20.2. The van der Waals surface area contributed by atoms with Crippen LogP contribution in [-0.2, 0) is 13.0 Å². The van der Waals surface area contributed by atoms with Gasteiger partial charge < -0.3 is 9.72 Å². The quantitative estimate of drug-likeness (QED) is 0.525. The fourth-order valence-corrected chi connectivity index (χ4v) is 3.11. The lowest BCUT2D eigenvalue weighted by Crippen LogP contribution is -2.19. The van der Waals surface area contributed by atoms with Crippen LogP contribution in [0.3, 0.4) is 0 Å². The molecule has 0 saturated heterocycles. The minimum atomic E-state index is -0.279. The van der Waals surface area contributed by atoms with Gasteiger partial charge in [-0.1, -0.05) is 49.4 Å². The molecule has 4 rings (SSSR count). The molecule has 2 aromatic carbocycles. The summed E-state index contributed by atoms with van der Waals surface area (Å²) in [7, 11) is 0. The summed E-state index contributed by atoms with van der Waals surface area (Å²) in [5.74, 6) is 1.61. The number of H-pyrrole nitrogens is 1. The van der Waals surface area contributed by atoms with Crippen LogP contribution < -0.4 is 10.3 Å². The molecule has 0 spiro atoms. The first-order valence-electron chi connectivity index (χ1n) is 8.60. The van der Waals surface area contributed by atoms with Gasteiger partial charge in [0.05, 0.1) is 5.69 Å². The molecule has 1 N–H and O–H groups in total. The third kappa shape index (κ3) is 3.50. The van der Waals surface area contributed by atoms with E-state index in [2.05, 4.69) is 37.9 Å². The van der Waals surface area contributed by atoms with Crippen molar-refractivity contribution in [1.82, 2.24) is 19.6 Å². The van der Waals surface area contributed by atoms with Crippen LogP contribution in [0.5, 0.6) is 5.75 Å². The van der Waals surface area contributed by atoms with E-state index in [1.807, 2.05) is 54.6 Å². The Morgan fingerprint density at radius 3 is 2.56 bits per heavy atom. The SMILES string of the molecule is CCc1ccc(OCc2[nH]c3nc(-c4ccccc4)nn3c(=O)c2Br)cc1. The molecule has 0 unspecified atom stereocenters. The van der Waals surface area contributed by atoms with Gasteiger partial charge in [-0.25, -0.2) is 0 Å². The van der Waals surface area contributed by atoms with Crippen LogP contribution in [0.15, 0.2) is 63.9 Å². The fraction of sp³-hybridized carbons (Fsp3) is 0.150. The highest BCUT2D eigenvalue weighted by Gasteiger charge is 2.15.